The van der Waals surface area contributed by atoms with Gasteiger partial charge >= 0.3 is 0 Å². The van der Waals surface area contributed by atoms with Gasteiger partial charge in [0, 0.05) is 54.9 Å². The van der Waals surface area contributed by atoms with Gasteiger partial charge in [0.15, 0.2) is 5.82 Å². The first-order chi connectivity index (χ1) is 29.0. The molecule has 11 aromatic rings. The van der Waals surface area contributed by atoms with Crippen molar-refractivity contribution in [3.05, 3.63) is 199 Å². The number of rotatable bonds is 5. The van der Waals surface area contributed by atoms with Crippen LogP contribution in [0.5, 0.6) is 0 Å². The van der Waals surface area contributed by atoms with Crippen LogP contribution in [-0.4, -0.2) is 14.5 Å². The zero-order chi connectivity index (χ0) is 39.2. The third-order valence-electron chi connectivity index (χ3n) is 12.4. The minimum absolute atomic E-state index is 0.0956. The highest BCUT2D eigenvalue weighted by atomic mass is 16.3. The van der Waals surface area contributed by atoms with Crippen LogP contribution in [0.2, 0.25) is 0 Å². The van der Waals surface area contributed by atoms with Crippen LogP contribution in [0.15, 0.2) is 192 Å². The van der Waals surface area contributed by atoms with Crippen LogP contribution in [0.1, 0.15) is 25.0 Å². The predicted molar refractivity (Wildman–Crippen MR) is 243 cm³/mol. The quantitative estimate of drug-likeness (QED) is 0.176. The maximum atomic E-state index is 6.77. The van der Waals surface area contributed by atoms with Gasteiger partial charge < -0.3 is 8.98 Å². The highest BCUT2D eigenvalue weighted by Crippen LogP contribution is 2.51. The van der Waals surface area contributed by atoms with Crippen molar-refractivity contribution in [2.24, 2.45) is 0 Å². The number of nitrogens with zero attached hydrogens (tertiary/aromatic N) is 3. The van der Waals surface area contributed by atoms with Gasteiger partial charge in [-0.2, -0.15) is 0 Å². The third-order valence-corrected chi connectivity index (χ3v) is 12.4. The molecule has 0 amide bonds. The number of aromatic nitrogens is 3. The van der Waals surface area contributed by atoms with Gasteiger partial charge in [-0.05, 0) is 76.3 Å². The molecule has 0 spiro atoms. The van der Waals surface area contributed by atoms with Crippen molar-refractivity contribution in [2.75, 3.05) is 0 Å². The van der Waals surface area contributed by atoms with Crippen LogP contribution in [0.3, 0.4) is 0 Å². The molecule has 3 heterocycles. The topological polar surface area (TPSA) is 43.9 Å². The summed E-state index contributed by atoms with van der Waals surface area (Å²) in [5, 5.41) is 4.69. The first-order valence-corrected chi connectivity index (χ1v) is 20.2. The number of furan rings is 1. The summed E-state index contributed by atoms with van der Waals surface area (Å²) in [5.74, 6) is 0.698. The maximum Gasteiger partial charge on any atom is 0.160 e. The third kappa shape index (κ3) is 5.16. The lowest BCUT2D eigenvalue weighted by atomic mass is 9.82. The van der Waals surface area contributed by atoms with Crippen LogP contribution in [0, 0.1) is 0 Å². The second-order valence-electron chi connectivity index (χ2n) is 16.2. The molecule has 0 bridgehead atoms. The SMILES string of the molecule is CC1(C)c2ccccc2-c2cc3c4ccccc4n(-c4ccc5oc6c(-c7cccc(-c8cc(-c9ccccc9)nc(-c9ccccc9)n8)c7)cccc6c5c4)c3cc21. The zero-order valence-corrected chi connectivity index (χ0v) is 32.6. The molecular weight excluding hydrogens is 719 g/mol. The fourth-order valence-electron chi connectivity index (χ4n) is 9.51. The lowest BCUT2D eigenvalue weighted by Crippen LogP contribution is -2.14. The standard InChI is InChI=1S/C55H37N3O/c1-55(2)46-25-11-9-21-40(46)43-31-44-41-22-10-12-26-50(41)58(51(44)32-47(43)55)38-27-28-52-45(30-38)42-24-14-23-39(53(42)59-52)36-19-13-20-37(29-36)49-33-48(34-15-5-3-6-16-34)56-54(57-49)35-17-7-4-8-18-35/h3-33H,1-2H3. The van der Waals surface area contributed by atoms with E-state index in [1.807, 2.05) is 36.4 Å². The van der Waals surface area contributed by atoms with Crippen LogP contribution in [-0.2, 0) is 5.41 Å². The lowest BCUT2D eigenvalue weighted by Gasteiger charge is -2.21. The molecule has 0 radical (unpaired) electrons. The Bertz CT molecular complexity index is 3410. The van der Waals surface area contributed by atoms with Gasteiger partial charge in [0.1, 0.15) is 11.2 Å². The van der Waals surface area contributed by atoms with E-state index < -0.39 is 0 Å². The normalized spacial score (nSPS) is 13.1. The van der Waals surface area contributed by atoms with Crippen LogP contribution in [0.25, 0.3) is 106 Å². The number of benzene rings is 8. The smallest absolute Gasteiger partial charge is 0.160 e. The second kappa shape index (κ2) is 12.7. The highest BCUT2D eigenvalue weighted by Gasteiger charge is 2.36. The van der Waals surface area contributed by atoms with Crippen molar-refractivity contribution in [3.63, 3.8) is 0 Å². The molecule has 0 N–H and O–H groups in total. The summed E-state index contributed by atoms with van der Waals surface area (Å²) < 4.78 is 9.21. The fourth-order valence-corrected chi connectivity index (χ4v) is 9.51. The average molecular weight is 756 g/mol. The van der Waals surface area contributed by atoms with E-state index in [1.54, 1.807) is 0 Å². The molecule has 0 aliphatic heterocycles. The van der Waals surface area contributed by atoms with Crippen molar-refractivity contribution >= 4 is 43.7 Å². The van der Waals surface area contributed by atoms with Crippen LogP contribution >= 0.6 is 0 Å². The Morgan fingerprint density at radius 2 is 1.08 bits per heavy atom. The molecule has 0 saturated carbocycles. The molecule has 4 heteroatoms. The van der Waals surface area contributed by atoms with Crippen molar-refractivity contribution in [1.29, 1.82) is 0 Å². The predicted octanol–water partition coefficient (Wildman–Crippen LogP) is 14.4. The molecule has 12 rings (SSSR count). The Balaban J connectivity index is 0.996. The van der Waals surface area contributed by atoms with Crippen molar-refractivity contribution < 1.29 is 4.42 Å². The molecule has 1 aliphatic carbocycles. The van der Waals surface area contributed by atoms with Gasteiger partial charge in [-0.3, -0.25) is 0 Å². The number of fused-ring (bicyclic) bond motifs is 9. The molecular formula is C55H37N3O. The molecule has 0 atom stereocenters. The van der Waals surface area contributed by atoms with Crippen molar-refractivity contribution in [1.82, 2.24) is 14.5 Å². The van der Waals surface area contributed by atoms with E-state index >= 15 is 0 Å². The summed E-state index contributed by atoms with van der Waals surface area (Å²) in [4.78, 5) is 10.1. The number of hydrogen-bond acceptors (Lipinski definition) is 3. The summed E-state index contributed by atoms with van der Waals surface area (Å²) >= 11 is 0. The monoisotopic (exact) mass is 755 g/mol. The molecule has 0 unspecified atom stereocenters. The van der Waals surface area contributed by atoms with E-state index in [-0.39, 0.29) is 5.41 Å². The van der Waals surface area contributed by atoms with Crippen LogP contribution < -0.4 is 0 Å². The molecule has 3 aromatic heterocycles. The molecule has 1 aliphatic rings. The van der Waals surface area contributed by atoms with E-state index in [2.05, 4.69) is 170 Å². The van der Waals surface area contributed by atoms with Gasteiger partial charge in [-0.25, -0.2) is 9.97 Å². The van der Waals surface area contributed by atoms with E-state index in [1.165, 1.54) is 44.1 Å². The first kappa shape index (κ1) is 33.6. The van der Waals surface area contributed by atoms with Gasteiger partial charge in [0.2, 0.25) is 0 Å². The van der Waals surface area contributed by atoms with E-state index in [0.29, 0.717) is 5.82 Å². The summed E-state index contributed by atoms with van der Waals surface area (Å²) in [6, 6.07) is 66.9. The summed E-state index contributed by atoms with van der Waals surface area (Å²) in [7, 11) is 0. The average Bonchev–Trinajstić information content (AvgIpc) is 3.91. The lowest BCUT2D eigenvalue weighted by molar-refractivity contribution is 0.661. The van der Waals surface area contributed by atoms with E-state index in [0.717, 1.165) is 66.8 Å². The van der Waals surface area contributed by atoms with Crippen LogP contribution in [0.4, 0.5) is 0 Å². The Hall–Kier alpha value is -7.56. The highest BCUT2D eigenvalue weighted by molar-refractivity contribution is 6.13. The molecule has 0 fully saturated rings. The van der Waals surface area contributed by atoms with Crippen molar-refractivity contribution in [3.8, 4) is 61.8 Å². The van der Waals surface area contributed by atoms with E-state index in [4.69, 9.17) is 14.4 Å². The number of hydrogen-bond donors (Lipinski definition) is 0. The van der Waals surface area contributed by atoms with Gasteiger partial charge in [-0.1, -0.05) is 153 Å². The first-order valence-electron chi connectivity index (χ1n) is 20.2. The summed E-state index contributed by atoms with van der Waals surface area (Å²) in [6.07, 6.45) is 0. The largest absolute Gasteiger partial charge is 0.455 e. The Morgan fingerprint density at radius 1 is 0.424 bits per heavy atom. The minimum atomic E-state index is -0.0956. The zero-order valence-electron chi connectivity index (χ0n) is 32.6. The summed E-state index contributed by atoms with van der Waals surface area (Å²) in [6.45, 7) is 4.70. The molecule has 278 valence electrons. The van der Waals surface area contributed by atoms with Gasteiger partial charge in [0.25, 0.3) is 0 Å². The molecule has 0 saturated heterocycles. The Morgan fingerprint density at radius 3 is 1.93 bits per heavy atom. The molecule has 59 heavy (non-hydrogen) atoms. The Kier molecular flexibility index (Phi) is 7.24. The van der Waals surface area contributed by atoms with Gasteiger partial charge in [0.05, 0.1) is 22.4 Å². The number of para-hydroxylation sites is 2. The van der Waals surface area contributed by atoms with Crippen molar-refractivity contribution in [2.45, 2.75) is 19.3 Å². The van der Waals surface area contributed by atoms with E-state index in [9.17, 15) is 0 Å². The Labute approximate surface area is 341 Å². The second-order valence-corrected chi connectivity index (χ2v) is 16.2. The van der Waals surface area contributed by atoms with Gasteiger partial charge in [-0.15, -0.1) is 0 Å². The minimum Gasteiger partial charge on any atom is -0.455 e. The molecule has 4 nitrogen and oxygen atoms in total. The fraction of sp³-hybridized carbons (Fsp3) is 0.0545. The summed E-state index contributed by atoms with van der Waals surface area (Å²) in [5.41, 5.74) is 17.5. The molecule has 8 aromatic carbocycles. The maximum absolute atomic E-state index is 6.77.